The van der Waals surface area contributed by atoms with Crippen molar-refractivity contribution in [3.8, 4) is 11.3 Å². The third-order valence-corrected chi connectivity index (χ3v) is 3.91. The van der Waals surface area contributed by atoms with Gasteiger partial charge in [0.05, 0.1) is 5.69 Å². The van der Waals surface area contributed by atoms with Crippen molar-refractivity contribution in [1.29, 1.82) is 0 Å². The molecule has 3 aromatic rings. The minimum Gasteiger partial charge on any atom is -0.369 e. The van der Waals surface area contributed by atoms with Crippen LogP contribution < -0.4 is 5.32 Å². The van der Waals surface area contributed by atoms with Gasteiger partial charge in [-0.3, -0.25) is 0 Å². The Labute approximate surface area is 125 Å². The van der Waals surface area contributed by atoms with Gasteiger partial charge < -0.3 is 5.32 Å². The molecule has 0 radical (unpaired) electrons. The number of hydrogen-bond donors (Lipinski definition) is 1. The lowest BCUT2D eigenvalue weighted by Crippen LogP contribution is -2.06. The zero-order valence-corrected chi connectivity index (χ0v) is 12.6. The first-order valence-corrected chi connectivity index (χ1v) is 7.28. The molecule has 1 heterocycles. The van der Waals surface area contributed by atoms with Crippen LogP contribution in [0.15, 0.2) is 42.5 Å². The number of aromatic nitrogens is 2. The number of nitrogens with zero attached hydrogens (tertiary/aromatic N) is 2. The molecule has 0 saturated heterocycles. The molecular formula is C18H19N3. The molecule has 3 rings (SSSR count). The van der Waals surface area contributed by atoms with Crippen molar-refractivity contribution in [3.63, 3.8) is 0 Å². The lowest BCUT2D eigenvalue weighted by molar-refractivity contribution is 0.988. The smallest absolute Gasteiger partial charge is 0.151 e. The van der Waals surface area contributed by atoms with E-state index in [2.05, 4.69) is 78.7 Å². The normalized spacial score (nSPS) is 10.8. The minimum atomic E-state index is 0.850. The highest BCUT2D eigenvalue weighted by Crippen LogP contribution is 2.31. The van der Waals surface area contributed by atoms with Crippen molar-refractivity contribution < 1.29 is 0 Å². The van der Waals surface area contributed by atoms with Gasteiger partial charge in [-0.2, -0.15) is 0 Å². The Kier molecular flexibility index (Phi) is 3.57. The lowest BCUT2D eigenvalue weighted by atomic mass is 9.98. The highest BCUT2D eigenvalue weighted by atomic mass is 15.2. The molecular weight excluding hydrogens is 258 g/mol. The fourth-order valence-corrected chi connectivity index (χ4v) is 2.63. The van der Waals surface area contributed by atoms with E-state index < -0.39 is 0 Å². The third-order valence-electron chi connectivity index (χ3n) is 3.91. The largest absolute Gasteiger partial charge is 0.369 e. The van der Waals surface area contributed by atoms with Gasteiger partial charge in [-0.25, -0.2) is 0 Å². The number of fused-ring (bicyclic) bond motifs is 1. The summed E-state index contributed by atoms with van der Waals surface area (Å²) in [7, 11) is 0. The molecule has 1 aromatic heterocycles. The first-order valence-electron chi connectivity index (χ1n) is 7.28. The molecule has 0 unspecified atom stereocenters. The van der Waals surface area contributed by atoms with Gasteiger partial charge in [0.15, 0.2) is 5.82 Å². The van der Waals surface area contributed by atoms with Gasteiger partial charge in [-0.1, -0.05) is 42.5 Å². The topological polar surface area (TPSA) is 37.8 Å². The Bertz CT molecular complexity index is 788. The summed E-state index contributed by atoms with van der Waals surface area (Å²) in [6.07, 6.45) is 0. The van der Waals surface area contributed by atoms with E-state index in [-0.39, 0.29) is 0 Å². The van der Waals surface area contributed by atoms with Crippen LogP contribution in [0, 0.1) is 13.8 Å². The molecule has 3 heteroatoms. The van der Waals surface area contributed by atoms with E-state index in [0.717, 1.165) is 29.2 Å². The monoisotopic (exact) mass is 277 g/mol. The highest BCUT2D eigenvalue weighted by Gasteiger charge is 2.12. The summed E-state index contributed by atoms with van der Waals surface area (Å²) >= 11 is 0. The van der Waals surface area contributed by atoms with Crippen molar-refractivity contribution in [2.24, 2.45) is 0 Å². The summed E-state index contributed by atoms with van der Waals surface area (Å²) in [6.45, 7) is 7.12. The second-order valence-electron chi connectivity index (χ2n) is 5.20. The molecule has 0 aliphatic rings. The van der Waals surface area contributed by atoms with Crippen molar-refractivity contribution >= 4 is 16.6 Å². The standard InChI is InChI=1S/C18H19N3/c1-4-19-18-13(3)12(2)17(20-21-18)16-11-7-9-14-8-5-6-10-15(14)16/h5-11H,4H2,1-3H3,(H,19,21). The summed E-state index contributed by atoms with van der Waals surface area (Å²) < 4.78 is 0. The molecule has 106 valence electrons. The zero-order valence-electron chi connectivity index (χ0n) is 12.6. The zero-order chi connectivity index (χ0) is 14.8. The predicted molar refractivity (Wildman–Crippen MR) is 88.6 cm³/mol. The van der Waals surface area contributed by atoms with Crippen LogP contribution in [0.2, 0.25) is 0 Å². The average molecular weight is 277 g/mol. The summed E-state index contributed by atoms with van der Waals surface area (Å²) in [5.41, 5.74) is 4.45. The van der Waals surface area contributed by atoms with Crippen LogP contribution in [-0.4, -0.2) is 16.7 Å². The molecule has 0 atom stereocenters. The molecule has 0 amide bonds. The van der Waals surface area contributed by atoms with Gasteiger partial charge >= 0.3 is 0 Å². The maximum Gasteiger partial charge on any atom is 0.151 e. The third kappa shape index (κ3) is 2.35. The molecule has 21 heavy (non-hydrogen) atoms. The number of hydrogen-bond acceptors (Lipinski definition) is 3. The molecule has 1 N–H and O–H groups in total. The Morgan fingerprint density at radius 2 is 1.67 bits per heavy atom. The molecule has 0 fully saturated rings. The van der Waals surface area contributed by atoms with E-state index >= 15 is 0 Å². The van der Waals surface area contributed by atoms with Gasteiger partial charge in [0.2, 0.25) is 0 Å². The van der Waals surface area contributed by atoms with Crippen LogP contribution in [0.4, 0.5) is 5.82 Å². The molecule has 0 spiro atoms. The molecule has 3 nitrogen and oxygen atoms in total. The van der Waals surface area contributed by atoms with Gasteiger partial charge in [0, 0.05) is 12.1 Å². The summed E-state index contributed by atoms with van der Waals surface area (Å²) in [6, 6.07) is 14.7. The Morgan fingerprint density at radius 3 is 2.48 bits per heavy atom. The predicted octanol–water partition coefficient (Wildman–Crippen LogP) is 4.35. The summed E-state index contributed by atoms with van der Waals surface area (Å²) in [4.78, 5) is 0. The van der Waals surface area contributed by atoms with E-state index in [1.807, 2.05) is 0 Å². The van der Waals surface area contributed by atoms with Gasteiger partial charge in [-0.05, 0) is 42.7 Å². The van der Waals surface area contributed by atoms with Crippen molar-refractivity contribution in [3.05, 3.63) is 53.6 Å². The Morgan fingerprint density at radius 1 is 0.905 bits per heavy atom. The molecule has 0 aliphatic carbocycles. The van der Waals surface area contributed by atoms with Crippen LogP contribution in [0.25, 0.3) is 22.0 Å². The van der Waals surface area contributed by atoms with Crippen LogP contribution >= 0.6 is 0 Å². The van der Waals surface area contributed by atoms with Crippen molar-refractivity contribution in [2.75, 3.05) is 11.9 Å². The van der Waals surface area contributed by atoms with Gasteiger partial charge in [0.1, 0.15) is 0 Å². The number of nitrogens with one attached hydrogen (secondary N) is 1. The van der Waals surface area contributed by atoms with Gasteiger partial charge in [-0.15, -0.1) is 10.2 Å². The second kappa shape index (κ2) is 5.52. The van der Waals surface area contributed by atoms with E-state index in [1.54, 1.807) is 0 Å². The molecule has 0 saturated carbocycles. The SMILES string of the molecule is CCNc1nnc(-c2cccc3ccccc23)c(C)c1C. The van der Waals surface area contributed by atoms with Crippen LogP contribution in [0.5, 0.6) is 0 Å². The maximum atomic E-state index is 4.47. The van der Waals surface area contributed by atoms with Crippen LogP contribution in [-0.2, 0) is 0 Å². The van der Waals surface area contributed by atoms with Gasteiger partial charge in [0.25, 0.3) is 0 Å². The van der Waals surface area contributed by atoms with Crippen LogP contribution in [0.3, 0.4) is 0 Å². The average Bonchev–Trinajstić information content (AvgIpc) is 2.52. The summed E-state index contributed by atoms with van der Waals surface area (Å²) in [5, 5.41) is 14.5. The second-order valence-corrected chi connectivity index (χ2v) is 5.20. The molecule has 2 aromatic carbocycles. The quantitative estimate of drug-likeness (QED) is 0.773. The fourth-order valence-electron chi connectivity index (χ4n) is 2.63. The Balaban J connectivity index is 2.22. The first-order chi connectivity index (χ1) is 10.2. The number of anilines is 1. The van der Waals surface area contributed by atoms with Crippen molar-refractivity contribution in [2.45, 2.75) is 20.8 Å². The Hall–Kier alpha value is -2.42. The maximum absolute atomic E-state index is 4.47. The highest BCUT2D eigenvalue weighted by molar-refractivity contribution is 5.96. The molecule has 0 bridgehead atoms. The van der Waals surface area contributed by atoms with E-state index in [4.69, 9.17) is 0 Å². The van der Waals surface area contributed by atoms with E-state index in [1.165, 1.54) is 16.3 Å². The minimum absolute atomic E-state index is 0.850. The van der Waals surface area contributed by atoms with E-state index in [9.17, 15) is 0 Å². The fraction of sp³-hybridized carbons (Fsp3) is 0.222. The van der Waals surface area contributed by atoms with Crippen molar-refractivity contribution in [1.82, 2.24) is 10.2 Å². The lowest BCUT2D eigenvalue weighted by Gasteiger charge is -2.13. The van der Waals surface area contributed by atoms with Crippen LogP contribution in [0.1, 0.15) is 18.1 Å². The van der Waals surface area contributed by atoms with E-state index in [0.29, 0.717) is 0 Å². The molecule has 0 aliphatic heterocycles. The first kappa shape index (κ1) is 13.6. The summed E-state index contributed by atoms with van der Waals surface area (Å²) in [5.74, 6) is 0.874. The number of rotatable bonds is 3. The number of benzene rings is 2.